The second-order valence-corrected chi connectivity index (χ2v) is 8.97. The van der Waals surface area contributed by atoms with Crippen molar-refractivity contribution in [1.29, 1.82) is 0 Å². The molecule has 1 N–H and O–H groups in total. The molecule has 0 aliphatic carbocycles. The Hall–Kier alpha value is -2.16. The third-order valence-corrected chi connectivity index (χ3v) is 6.87. The number of pyridine rings is 1. The number of aromatic nitrogens is 1. The third-order valence-electron chi connectivity index (χ3n) is 4.63. The fraction of sp³-hybridized carbons (Fsp3) is 0.368. The lowest BCUT2D eigenvalue weighted by Crippen LogP contribution is -2.37. The Kier molecular flexibility index (Phi) is 6.53. The number of benzene rings is 1. The van der Waals surface area contributed by atoms with Crippen molar-refractivity contribution in [3.05, 3.63) is 58.0 Å². The normalized spacial score (nSPS) is 15.8. The molecule has 1 amide bonds. The number of hydrogen-bond donors (Lipinski definition) is 1. The van der Waals surface area contributed by atoms with Crippen LogP contribution < -0.4 is 10.9 Å². The van der Waals surface area contributed by atoms with Crippen LogP contribution in [0, 0.1) is 0 Å². The summed E-state index contributed by atoms with van der Waals surface area (Å²) in [5, 5.41) is 3.00. The summed E-state index contributed by atoms with van der Waals surface area (Å²) in [5.74, 6) is -0.473. The molecule has 9 heteroatoms. The summed E-state index contributed by atoms with van der Waals surface area (Å²) < 4.78 is 28.3. The van der Waals surface area contributed by atoms with Gasteiger partial charge in [0.1, 0.15) is 11.4 Å². The highest BCUT2D eigenvalue weighted by Crippen LogP contribution is 2.20. The summed E-state index contributed by atoms with van der Waals surface area (Å²) in [6, 6.07) is 9.50. The van der Waals surface area contributed by atoms with E-state index in [1.807, 2.05) is 0 Å². The largest absolute Gasteiger partial charge is 0.323 e. The first-order valence-electron chi connectivity index (χ1n) is 9.13. The number of carbonyl (C=O) groups is 1. The van der Waals surface area contributed by atoms with Crippen LogP contribution in [0.3, 0.4) is 0 Å². The number of amides is 1. The average molecular weight is 424 g/mol. The molecule has 3 rings (SSSR count). The van der Waals surface area contributed by atoms with Crippen molar-refractivity contribution in [2.45, 2.75) is 37.1 Å². The molecule has 28 heavy (non-hydrogen) atoms. The Morgan fingerprint density at radius 2 is 1.71 bits per heavy atom. The van der Waals surface area contributed by atoms with Gasteiger partial charge in [-0.05, 0) is 37.1 Å². The number of halogens is 1. The predicted molar refractivity (Wildman–Crippen MR) is 108 cm³/mol. The van der Waals surface area contributed by atoms with E-state index >= 15 is 0 Å². The lowest BCUT2D eigenvalue weighted by atomic mass is 10.2. The number of nitrogens with zero attached hydrogens (tertiary/aromatic N) is 2. The second-order valence-electron chi connectivity index (χ2n) is 6.65. The van der Waals surface area contributed by atoms with E-state index in [2.05, 4.69) is 5.32 Å². The topological polar surface area (TPSA) is 88.5 Å². The number of nitrogens with one attached hydrogen (secondary N) is 1. The van der Waals surface area contributed by atoms with Crippen LogP contribution in [0.4, 0.5) is 5.69 Å². The van der Waals surface area contributed by atoms with Gasteiger partial charge in [-0.2, -0.15) is 4.31 Å². The molecule has 0 atom stereocenters. The van der Waals surface area contributed by atoms with Gasteiger partial charge < -0.3 is 9.88 Å². The first-order valence-corrected chi connectivity index (χ1v) is 11.0. The van der Waals surface area contributed by atoms with E-state index in [9.17, 15) is 18.0 Å². The molecule has 1 aromatic heterocycles. The molecule has 1 aliphatic heterocycles. The molecular formula is C19H22ClN3O4S. The lowest BCUT2D eigenvalue weighted by molar-refractivity contribution is -0.116. The van der Waals surface area contributed by atoms with Gasteiger partial charge in [0.2, 0.25) is 15.9 Å². The summed E-state index contributed by atoms with van der Waals surface area (Å²) in [5.41, 5.74) is -0.281. The molecule has 1 fully saturated rings. The monoisotopic (exact) mass is 423 g/mol. The first kappa shape index (κ1) is 20.6. The Labute approximate surface area is 169 Å². The van der Waals surface area contributed by atoms with E-state index in [1.165, 1.54) is 22.6 Å². The van der Waals surface area contributed by atoms with E-state index in [0.29, 0.717) is 23.8 Å². The Morgan fingerprint density at radius 3 is 2.39 bits per heavy atom. The molecule has 0 bridgehead atoms. The predicted octanol–water partition coefficient (Wildman–Crippen LogP) is 2.71. The van der Waals surface area contributed by atoms with E-state index in [1.54, 1.807) is 24.3 Å². The van der Waals surface area contributed by atoms with Gasteiger partial charge in [0.05, 0.1) is 10.7 Å². The fourth-order valence-corrected chi connectivity index (χ4v) is 4.95. The first-order chi connectivity index (χ1) is 13.4. The quantitative estimate of drug-likeness (QED) is 0.800. The van der Waals surface area contributed by atoms with Crippen LogP contribution in [0.15, 0.2) is 52.3 Å². The third kappa shape index (κ3) is 4.63. The van der Waals surface area contributed by atoms with Gasteiger partial charge in [-0.3, -0.25) is 9.59 Å². The molecule has 1 saturated heterocycles. The lowest BCUT2D eigenvalue weighted by Gasteiger charge is -2.20. The van der Waals surface area contributed by atoms with Crippen molar-refractivity contribution in [2.24, 2.45) is 0 Å². The van der Waals surface area contributed by atoms with Crippen molar-refractivity contribution in [2.75, 3.05) is 18.4 Å². The molecular weight excluding hydrogens is 402 g/mol. The SMILES string of the molecule is O=C(Cn1cccc(S(=O)(=O)N2CCCCCC2)c1=O)Nc1ccccc1Cl. The molecule has 0 saturated carbocycles. The van der Waals surface area contributed by atoms with Gasteiger partial charge in [0, 0.05) is 19.3 Å². The van der Waals surface area contributed by atoms with Gasteiger partial charge in [0.25, 0.3) is 5.56 Å². The van der Waals surface area contributed by atoms with Crippen LogP contribution >= 0.6 is 11.6 Å². The fourth-order valence-electron chi connectivity index (χ4n) is 3.16. The highest BCUT2D eigenvalue weighted by atomic mass is 35.5. The number of rotatable bonds is 5. The number of hydrogen-bond acceptors (Lipinski definition) is 4. The highest BCUT2D eigenvalue weighted by molar-refractivity contribution is 7.89. The molecule has 150 valence electrons. The Balaban J connectivity index is 1.82. The summed E-state index contributed by atoms with van der Waals surface area (Å²) in [6.07, 6.45) is 4.91. The molecule has 2 aromatic rings. The van der Waals surface area contributed by atoms with Crippen molar-refractivity contribution in [1.82, 2.24) is 8.87 Å². The van der Waals surface area contributed by atoms with Gasteiger partial charge >= 0.3 is 0 Å². The van der Waals surface area contributed by atoms with E-state index in [0.717, 1.165) is 30.3 Å². The van der Waals surface area contributed by atoms with Gasteiger partial charge in [-0.1, -0.05) is 36.6 Å². The number of carbonyl (C=O) groups excluding carboxylic acids is 1. The summed E-state index contributed by atoms with van der Waals surface area (Å²) >= 11 is 6.02. The van der Waals surface area contributed by atoms with Crippen molar-refractivity contribution in [3.63, 3.8) is 0 Å². The zero-order valence-electron chi connectivity index (χ0n) is 15.3. The molecule has 1 aromatic carbocycles. The maximum absolute atomic E-state index is 12.9. The minimum Gasteiger partial charge on any atom is -0.323 e. The summed E-state index contributed by atoms with van der Waals surface area (Å²) in [4.78, 5) is 24.8. The second kappa shape index (κ2) is 8.89. The standard InChI is InChI=1S/C19H22ClN3O4S/c20-15-8-3-4-9-16(15)21-18(24)14-22-11-7-10-17(19(22)25)28(26,27)23-12-5-1-2-6-13-23/h3-4,7-11H,1-2,5-6,12-14H2,(H,21,24). The van der Waals surface area contributed by atoms with E-state index in [-0.39, 0.29) is 11.4 Å². The molecule has 0 radical (unpaired) electrons. The maximum atomic E-state index is 12.9. The van der Waals surface area contributed by atoms with Crippen molar-refractivity contribution >= 4 is 33.2 Å². The smallest absolute Gasteiger partial charge is 0.271 e. The Morgan fingerprint density at radius 1 is 1.04 bits per heavy atom. The van der Waals surface area contributed by atoms with Gasteiger partial charge in [-0.25, -0.2) is 8.42 Å². The zero-order chi connectivity index (χ0) is 20.1. The van der Waals surface area contributed by atoms with Gasteiger partial charge in [-0.15, -0.1) is 0 Å². The molecule has 7 nitrogen and oxygen atoms in total. The van der Waals surface area contributed by atoms with Crippen LogP contribution in [0.5, 0.6) is 0 Å². The van der Waals surface area contributed by atoms with Crippen molar-refractivity contribution in [3.8, 4) is 0 Å². The Bertz CT molecular complexity index is 1010. The number of anilines is 1. The molecule has 1 aliphatic rings. The van der Waals surface area contributed by atoms with Crippen LogP contribution in [0.25, 0.3) is 0 Å². The molecule has 0 unspecified atom stereocenters. The zero-order valence-corrected chi connectivity index (χ0v) is 16.9. The number of sulfonamides is 1. The highest BCUT2D eigenvalue weighted by Gasteiger charge is 2.28. The van der Waals surface area contributed by atoms with Crippen LogP contribution in [0.1, 0.15) is 25.7 Å². The van der Waals surface area contributed by atoms with Gasteiger partial charge in [0.15, 0.2) is 0 Å². The molecule has 0 spiro atoms. The summed E-state index contributed by atoms with van der Waals surface area (Å²) in [6.45, 7) is 0.501. The van der Waals surface area contributed by atoms with Crippen molar-refractivity contribution < 1.29 is 13.2 Å². The minimum atomic E-state index is -3.89. The average Bonchev–Trinajstić information content (AvgIpc) is 2.95. The minimum absolute atomic E-state index is 0.303. The maximum Gasteiger partial charge on any atom is 0.271 e. The van der Waals surface area contributed by atoms with E-state index in [4.69, 9.17) is 11.6 Å². The number of para-hydroxylation sites is 1. The summed E-state index contributed by atoms with van der Waals surface area (Å²) in [7, 11) is -3.89. The van der Waals surface area contributed by atoms with Crippen LogP contribution in [-0.4, -0.2) is 36.3 Å². The van der Waals surface area contributed by atoms with E-state index < -0.39 is 21.5 Å². The van der Waals surface area contributed by atoms with Crippen LogP contribution in [0.2, 0.25) is 5.02 Å². The van der Waals surface area contributed by atoms with Crippen LogP contribution in [-0.2, 0) is 21.4 Å². The molecule has 2 heterocycles.